The summed E-state index contributed by atoms with van der Waals surface area (Å²) in [7, 11) is 1.80. The first kappa shape index (κ1) is 29.6. The van der Waals surface area contributed by atoms with Crippen molar-refractivity contribution in [2.45, 2.75) is 43.5 Å². The van der Waals surface area contributed by atoms with Gasteiger partial charge in [0, 0.05) is 56.0 Å². The van der Waals surface area contributed by atoms with E-state index in [1.54, 1.807) is 31.4 Å². The zero-order valence-corrected chi connectivity index (χ0v) is 24.0. The zero-order valence-electron chi connectivity index (χ0n) is 22.4. The summed E-state index contributed by atoms with van der Waals surface area (Å²) in [5.74, 6) is -0.186. The number of hydrogen-bond acceptors (Lipinski definition) is 7. The molecule has 3 N–H and O–H groups in total. The van der Waals surface area contributed by atoms with Crippen LogP contribution < -0.4 is 16.0 Å². The van der Waals surface area contributed by atoms with Crippen molar-refractivity contribution < 1.29 is 14.4 Å². The number of aryl methyl sites for hydroxylation is 1. The van der Waals surface area contributed by atoms with Gasteiger partial charge in [0.05, 0.1) is 6.54 Å². The predicted molar refractivity (Wildman–Crippen MR) is 161 cm³/mol. The van der Waals surface area contributed by atoms with Crippen LogP contribution in [0.5, 0.6) is 0 Å². The monoisotopic (exact) mass is 560 g/mol. The molecule has 0 aliphatic carbocycles. The van der Waals surface area contributed by atoms with Crippen LogP contribution in [-0.4, -0.2) is 30.6 Å². The maximum Gasteiger partial charge on any atom is 0.251 e. The van der Waals surface area contributed by atoms with Crippen LogP contribution in [0.2, 0.25) is 0 Å². The number of anilines is 2. The van der Waals surface area contributed by atoms with Gasteiger partial charge in [0.25, 0.3) is 5.91 Å². The number of benzene rings is 3. The smallest absolute Gasteiger partial charge is 0.251 e. The number of amides is 2. The maximum absolute atomic E-state index is 12.9. The molecule has 7 nitrogen and oxygen atoms in total. The van der Waals surface area contributed by atoms with Gasteiger partial charge in [-0.3, -0.25) is 14.4 Å². The highest BCUT2D eigenvalue weighted by Gasteiger charge is 2.13. The highest BCUT2D eigenvalue weighted by molar-refractivity contribution is 7.99. The third-order valence-corrected chi connectivity index (χ3v) is 7.92. The number of nitrogens with one attached hydrogen (secondary N) is 3. The quantitative estimate of drug-likeness (QED) is 0.173. The van der Waals surface area contributed by atoms with Crippen LogP contribution in [0.25, 0.3) is 10.6 Å². The van der Waals surface area contributed by atoms with E-state index in [9.17, 15) is 14.4 Å². The molecule has 0 bridgehead atoms. The minimum Gasteiger partial charge on any atom is -0.387 e. The summed E-state index contributed by atoms with van der Waals surface area (Å²) < 4.78 is 0. The van der Waals surface area contributed by atoms with Crippen LogP contribution in [0.3, 0.4) is 0 Å². The molecule has 1 aromatic heterocycles. The molecule has 1 heterocycles. The van der Waals surface area contributed by atoms with E-state index < -0.39 is 0 Å². The zero-order chi connectivity index (χ0) is 28.2. The molecule has 4 rings (SSSR count). The highest BCUT2D eigenvalue weighted by Crippen LogP contribution is 2.35. The minimum atomic E-state index is -0.186. The van der Waals surface area contributed by atoms with Crippen molar-refractivity contribution in [1.29, 1.82) is 0 Å². The molecule has 0 spiro atoms. The Kier molecular flexibility index (Phi) is 11.3. The van der Waals surface area contributed by atoms with E-state index in [1.165, 1.54) is 23.1 Å². The lowest BCUT2D eigenvalue weighted by atomic mass is 10.1. The molecule has 39 heavy (non-hydrogen) atoms. The van der Waals surface area contributed by atoms with Crippen LogP contribution >= 0.6 is 23.1 Å². The van der Waals surface area contributed by atoms with Crippen molar-refractivity contribution in [1.82, 2.24) is 10.3 Å². The lowest BCUT2D eigenvalue weighted by molar-refractivity contribution is -0.105. The van der Waals surface area contributed by atoms with Crippen LogP contribution in [0.4, 0.5) is 11.4 Å². The molecular formula is C30H32N4O3S2. The summed E-state index contributed by atoms with van der Waals surface area (Å²) in [6.07, 6.45) is 4.08. The van der Waals surface area contributed by atoms with Crippen LogP contribution in [0.15, 0.2) is 76.7 Å². The second kappa shape index (κ2) is 14.8. The number of aromatic nitrogens is 1. The van der Waals surface area contributed by atoms with E-state index in [0.29, 0.717) is 24.1 Å². The third kappa shape index (κ3) is 7.55. The van der Waals surface area contributed by atoms with Crippen molar-refractivity contribution >= 4 is 53.1 Å². The molecule has 0 aliphatic rings. The number of aldehydes is 1. The normalized spacial score (nSPS) is 10.2. The van der Waals surface area contributed by atoms with Gasteiger partial charge in [0.15, 0.2) is 6.29 Å². The molecule has 0 saturated heterocycles. The fraction of sp³-hybridized carbons (Fsp3) is 0.200. The summed E-state index contributed by atoms with van der Waals surface area (Å²) in [5.41, 5.74) is 4.76. The Morgan fingerprint density at radius 1 is 1.00 bits per heavy atom. The van der Waals surface area contributed by atoms with Gasteiger partial charge in [-0.2, -0.15) is 0 Å². The van der Waals surface area contributed by atoms with E-state index in [2.05, 4.69) is 20.9 Å². The Balaban J connectivity index is 0.00000205. The Labute approximate surface area is 237 Å². The summed E-state index contributed by atoms with van der Waals surface area (Å²) in [4.78, 5) is 42.3. The van der Waals surface area contributed by atoms with Gasteiger partial charge in [-0.05, 0) is 54.4 Å². The first-order valence-corrected chi connectivity index (χ1v) is 14.3. The second-order valence-electron chi connectivity index (χ2n) is 8.02. The SMILES string of the molecule is CC.CCc1cc(-c2ncc(CNC(=O)c3ccc(Sc4ccccc4C=O)c(NC)c3)s2)ccc1NC=O. The topological polar surface area (TPSA) is 100 Å². The van der Waals surface area contributed by atoms with Crippen molar-refractivity contribution in [2.75, 3.05) is 17.7 Å². The van der Waals surface area contributed by atoms with Crippen LogP contribution in [0.1, 0.15) is 51.9 Å². The summed E-state index contributed by atoms with van der Waals surface area (Å²) >= 11 is 2.99. The molecule has 3 aromatic carbocycles. The fourth-order valence-electron chi connectivity index (χ4n) is 3.76. The number of nitrogens with zero attached hydrogens (tertiary/aromatic N) is 1. The summed E-state index contributed by atoms with van der Waals surface area (Å²) in [5, 5.41) is 9.69. The van der Waals surface area contributed by atoms with Gasteiger partial charge in [-0.1, -0.05) is 50.7 Å². The summed E-state index contributed by atoms with van der Waals surface area (Å²) in [6, 6.07) is 18.7. The molecule has 0 aliphatic heterocycles. The lowest BCUT2D eigenvalue weighted by Gasteiger charge is -2.12. The Morgan fingerprint density at radius 3 is 2.51 bits per heavy atom. The summed E-state index contributed by atoms with van der Waals surface area (Å²) in [6.45, 7) is 6.40. The Hall–Kier alpha value is -3.95. The molecule has 0 unspecified atom stereocenters. The molecule has 4 aromatic rings. The number of rotatable bonds is 11. The first-order chi connectivity index (χ1) is 19.1. The van der Waals surface area contributed by atoms with E-state index >= 15 is 0 Å². The molecule has 0 saturated carbocycles. The van der Waals surface area contributed by atoms with Crippen LogP contribution in [-0.2, 0) is 17.8 Å². The van der Waals surface area contributed by atoms with E-state index in [-0.39, 0.29) is 5.91 Å². The number of carbonyl (C=O) groups is 3. The van der Waals surface area contributed by atoms with E-state index in [0.717, 1.165) is 54.9 Å². The Morgan fingerprint density at radius 2 is 1.79 bits per heavy atom. The predicted octanol–water partition coefficient (Wildman–Crippen LogP) is 6.90. The number of carbonyl (C=O) groups excluding carboxylic acids is 3. The van der Waals surface area contributed by atoms with Gasteiger partial charge < -0.3 is 16.0 Å². The van der Waals surface area contributed by atoms with Crippen molar-refractivity contribution in [3.8, 4) is 10.6 Å². The molecule has 9 heteroatoms. The molecule has 0 fully saturated rings. The lowest BCUT2D eigenvalue weighted by Crippen LogP contribution is -2.22. The van der Waals surface area contributed by atoms with Crippen molar-refractivity contribution in [3.05, 3.63) is 88.4 Å². The van der Waals surface area contributed by atoms with Gasteiger partial charge in [0.1, 0.15) is 5.01 Å². The van der Waals surface area contributed by atoms with Crippen LogP contribution in [0, 0.1) is 0 Å². The molecule has 0 radical (unpaired) electrons. The number of hydrogen-bond donors (Lipinski definition) is 3. The largest absolute Gasteiger partial charge is 0.387 e. The average molecular weight is 561 g/mol. The Bertz CT molecular complexity index is 1440. The van der Waals surface area contributed by atoms with E-state index in [1.807, 2.05) is 63.2 Å². The third-order valence-electron chi connectivity index (χ3n) is 5.70. The fourth-order valence-corrected chi connectivity index (χ4v) is 5.63. The maximum atomic E-state index is 12.9. The van der Waals surface area contributed by atoms with E-state index in [4.69, 9.17) is 0 Å². The molecule has 0 atom stereocenters. The van der Waals surface area contributed by atoms with Crippen molar-refractivity contribution in [2.24, 2.45) is 0 Å². The second-order valence-corrected chi connectivity index (χ2v) is 10.2. The molecule has 2 amide bonds. The standard InChI is InChI=1S/C28H26N4O3S2.C2H6/c1-3-18-12-20(8-10-23(18)32-17-34)28-31-15-22(36-28)14-30-27(35)19-9-11-26(24(13-19)29-2)37-25-7-5-4-6-21(25)16-33;1-2/h4-13,15-17,29H,3,14H2,1-2H3,(H,30,35)(H,32,34);1-2H3. The highest BCUT2D eigenvalue weighted by atomic mass is 32.2. The number of thiazole rings is 1. The molecular weight excluding hydrogens is 528 g/mol. The van der Waals surface area contributed by atoms with Gasteiger partial charge in [-0.15, -0.1) is 11.3 Å². The van der Waals surface area contributed by atoms with Gasteiger partial charge >= 0.3 is 0 Å². The van der Waals surface area contributed by atoms with Crippen molar-refractivity contribution in [3.63, 3.8) is 0 Å². The molecule has 202 valence electrons. The average Bonchev–Trinajstić information content (AvgIpc) is 3.47. The minimum absolute atomic E-state index is 0.186. The van der Waals surface area contributed by atoms with Gasteiger partial charge in [-0.25, -0.2) is 4.98 Å². The van der Waals surface area contributed by atoms with Gasteiger partial charge in [0.2, 0.25) is 6.41 Å². The first-order valence-electron chi connectivity index (χ1n) is 12.7.